The lowest BCUT2D eigenvalue weighted by atomic mass is 9.93. The number of H-pyrrole nitrogens is 1. The molecule has 4 aromatic carbocycles. The van der Waals surface area contributed by atoms with Gasteiger partial charge in [0.15, 0.2) is 0 Å². The highest BCUT2D eigenvalue weighted by molar-refractivity contribution is 6.21. The van der Waals surface area contributed by atoms with E-state index in [1.807, 2.05) is 37.3 Å². The summed E-state index contributed by atoms with van der Waals surface area (Å²) in [6.07, 6.45) is 0. The van der Waals surface area contributed by atoms with Gasteiger partial charge >= 0.3 is 0 Å². The first kappa shape index (κ1) is 24.4. The van der Waals surface area contributed by atoms with E-state index in [0.717, 1.165) is 38.7 Å². The highest BCUT2D eigenvalue weighted by Crippen LogP contribution is 2.41. The molecule has 7 nitrogen and oxygen atoms in total. The van der Waals surface area contributed by atoms with Crippen molar-refractivity contribution in [2.24, 2.45) is 5.73 Å². The van der Waals surface area contributed by atoms with Gasteiger partial charge in [-0.3, -0.25) is 14.4 Å². The third-order valence-electron chi connectivity index (χ3n) is 7.43. The highest BCUT2D eigenvalue weighted by atomic mass is 19.1. The Labute approximate surface area is 223 Å². The largest absolute Gasteiger partial charge is 0.366 e. The molecule has 1 aromatic heterocycles. The van der Waals surface area contributed by atoms with Crippen LogP contribution in [0.15, 0.2) is 66.7 Å². The fourth-order valence-corrected chi connectivity index (χ4v) is 5.51. The molecule has 0 radical (unpaired) electrons. The molecule has 0 unspecified atom stereocenters. The molecule has 1 aliphatic heterocycles. The second-order valence-electron chi connectivity index (χ2n) is 10.0. The molecular weight excluding hydrogens is 495 g/mol. The average Bonchev–Trinajstić information content (AvgIpc) is 3.45. The van der Waals surface area contributed by atoms with Gasteiger partial charge in [0, 0.05) is 47.2 Å². The summed E-state index contributed by atoms with van der Waals surface area (Å²) in [7, 11) is 3.38. The van der Waals surface area contributed by atoms with E-state index < -0.39 is 11.7 Å². The van der Waals surface area contributed by atoms with Gasteiger partial charge in [0.05, 0.1) is 17.6 Å². The zero-order chi connectivity index (χ0) is 27.6. The fourth-order valence-electron chi connectivity index (χ4n) is 5.51. The Bertz CT molecular complexity index is 1870. The molecule has 0 fully saturated rings. The van der Waals surface area contributed by atoms with E-state index in [1.165, 1.54) is 17.0 Å². The summed E-state index contributed by atoms with van der Waals surface area (Å²) >= 11 is 0. The Morgan fingerprint density at radius 2 is 1.77 bits per heavy atom. The van der Waals surface area contributed by atoms with Crippen molar-refractivity contribution in [2.45, 2.75) is 13.5 Å². The first-order valence-electron chi connectivity index (χ1n) is 12.5. The fraction of sp³-hybridized carbons (Fsp3) is 0.129. The van der Waals surface area contributed by atoms with Gasteiger partial charge < -0.3 is 20.5 Å². The van der Waals surface area contributed by atoms with Crippen molar-refractivity contribution in [1.82, 2.24) is 9.88 Å². The van der Waals surface area contributed by atoms with E-state index in [4.69, 9.17) is 5.73 Å². The number of aromatic amines is 1. The van der Waals surface area contributed by atoms with Gasteiger partial charge in [-0.05, 0) is 65.6 Å². The molecule has 0 saturated heterocycles. The number of amides is 3. The van der Waals surface area contributed by atoms with E-state index in [9.17, 15) is 18.8 Å². The molecule has 3 N–H and O–H groups in total. The number of aromatic nitrogens is 1. The summed E-state index contributed by atoms with van der Waals surface area (Å²) in [6.45, 7) is 2.29. The van der Waals surface area contributed by atoms with Gasteiger partial charge in [0.25, 0.3) is 17.7 Å². The van der Waals surface area contributed by atoms with Gasteiger partial charge in [-0.15, -0.1) is 0 Å². The summed E-state index contributed by atoms with van der Waals surface area (Å²) in [5, 5.41) is 1.63. The number of hydrogen-bond donors (Lipinski definition) is 2. The van der Waals surface area contributed by atoms with Gasteiger partial charge in [0.2, 0.25) is 0 Å². The molecule has 6 rings (SSSR count). The number of nitrogens with two attached hydrogens (primary N) is 1. The monoisotopic (exact) mass is 520 g/mol. The van der Waals surface area contributed by atoms with Crippen LogP contribution in [0.1, 0.15) is 42.2 Å². The van der Waals surface area contributed by atoms with E-state index >= 15 is 0 Å². The van der Waals surface area contributed by atoms with Crippen LogP contribution in [-0.4, -0.2) is 41.7 Å². The third kappa shape index (κ3) is 3.75. The van der Waals surface area contributed by atoms with Crippen LogP contribution in [0.2, 0.25) is 0 Å². The van der Waals surface area contributed by atoms with Crippen molar-refractivity contribution < 1.29 is 18.8 Å². The molecule has 194 valence electrons. The van der Waals surface area contributed by atoms with Gasteiger partial charge in [-0.2, -0.15) is 0 Å². The van der Waals surface area contributed by atoms with Crippen LogP contribution >= 0.6 is 0 Å². The van der Waals surface area contributed by atoms with Crippen molar-refractivity contribution in [3.63, 3.8) is 0 Å². The highest BCUT2D eigenvalue weighted by Gasteiger charge is 2.30. The Balaban J connectivity index is 1.54. The van der Waals surface area contributed by atoms with E-state index in [1.54, 1.807) is 43.3 Å². The molecule has 0 spiro atoms. The first-order valence-corrected chi connectivity index (χ1v) is 12.5. The van der Waals surface area contributed by atoms with Crippen molar-refractivity contribution in [3.8, 4) is 11.1 Å². The molecule has 2 heterocycles. The first-order chi connectivity index (χ1) is 18.7. The Kier molecular flexibility index (Phi) is 5.50. The van der Waals surface area contributed by atoms with Gasteiger partial charge in [-0.25, -0.2) is 4.39 Å². The Hall–Kier alpha value is -4.98. The van der Waals surface area contributed by atoms with E-state index in [0.29, 0.717) is 34.3 Å². The number of hydrogen-bond acceptors (Lipinski definition) is 3. The number of nitrogens with zero attached hydrogens (tertiary/aromatic N) is 2. The predicted molar refractivity (Wildman–Crippen MR) is 149 cm³/mol. The number of rotatable bonds is 4. The topological polar surface area (TPSA) is 99.5 Å². The predicted octanol–water partition coefficient (Wildman–Crippen LogP) is 5.40. The lowest BCUT2D eigenvalue weighted by molar-refractivity contribution is 0.0827. The van der Waals surface area contributed by atoms with Crippen LogP contribution < -0.4 is 10.6 Å². The van der Waals surface area contributed by atoms with E-state index in [2.05, 4.69) is 4.98 Å². The second kappa shape index (κ2) is 8.80. The van der Waals surface area contributed by atoms with Crippen molar-refractivity contribution in [3.05, 3.63) is 100 Å². The molecule has 1 aliphatic rings. The SMILES string of the molecule is Cc1c(-c2ccc(C(N)=O)c3[nH]c4cc(C(=O)N(C)C)ccc4c23)cccc1N1Cc2ccc(F)cc2C1=O. The molecule has 0 bridgehead atoms. The molecular formula is C31H25FN4O3. The van der Waals surface area contributed by atoms with E-state index in [-0.39, 0.29) is 11.8 Å². The van der Waals surface area contributed by atoms with Crippen molar-refractivity contribution in [2.75, 3.05) is 19.0 Å². The van der Waals surface area contributed by atoms with Crippen molar-refractivity contribution >= 4 is 45.2 Å². The summed E-state index contributed by atoms with van der Waals surface area (Å²) in [5.74, 6) is -1.39. The van der Waals surface area contributed by atoms with Crippen LogP contribution in [0.4, 0.5) is 10.1 Å². The number of benzene rings is 4. The average molecular weight is 521 g/mol. The molecule has 5 aromatic rings. The number of carbonyl (C=O) groups excluding carboxylic acids is 3. The quantitative estimate of drug-likeness (QED) is 0.332. The van der Waals surface area contributed by atoms with Crippen molar-refractivity contribution in [1.29, 1.82) is 0 Å². The zero-order valence-corrected chi connectivity index (χ0v) is 21.6. The molecule has 0 aliphatic carbocycles. The van der Waals surface area contributed by atoms with Crippen LogP contribution in [0.25, 0.3) is 32.9 Å². The zero-order valence-electron chi connectivity index (χ0n) is 21.6. The number of anilines is 1. The molecule has 3 amide bonds. The van der Waals surface area contributed by atoms with Crippen LogP contribution in [0.5, 0.6) is 0 Å². The molecule has 0 saturated carbocycles. The van der Waals surface area contributed by atoms with Gasteiger partial charge in [-0.1, -0.05) is 30.3 Å². The summed E-state index contributed by atoms with van der Waals surface area (Å²) in [6, 6.07) is 19.0. The maximum absolute atomic E-state index is 13.8. The number of primary amides is 1. The number of carbonyl (C=O) groups is 3. The summed E-state index contributed by atoms with van der Waals surface area (Å²) < 4.78 is 13.8. The van der Waals surface area contributed by atoms with Gasteiger partial charge in [0.1, 0.15) is 5.82 Å². The van der Waals surface area contributed by atoms with Crippen LogP contribution in [0, 0.1) is 12.7 Å². The second-order valence-corrected chi connectivity index (χ2v) is 10.0. The lowest BCUT2D eigenvalue weighted by Crippen LogP contribution is -2.24. The molecule has 39 heavy (non-hydrogen) atoms. The summed E-state index contributed by atoms with van der Waals surface area (Å²) in [4.78, 5) is 44.6. The minimum Gasteiger partial charge on any atom is -0.366 e. The standard InChI is InChI=1S/C31H25FN4O3/c1-16-20(5-4-6-26(16)36-15-18-7-9-19(32)14-24(18)31(36)39)21-11-12-23(29(33)37)28-27(21)22-10-8-17(13-25(22)34-28)30(38)35(2)3/h4-14,34H,15H2,1-3H3,(H2,33,37). The normalized spacial score (nSPS) is 12.8. The number of fused-ring (bicyclic) bond motifs is 4. The maximum Gasteiger partial charge on any atom is 0.259 e. The third-order valence-corrected chi connectivity index (χ3v) is 7.43. The lowest BCUT2D eigenvalue weighted by Gasteiger charge is -2.21. The molecule has 8 heteroatoms. The number of halogens is 1. The Morgan fingerprint density at radius 3 is 2.51 bits per heavy atom. The Morgan fingerprint density at radius 1 is 0.974 bits per heavy atom. The molecule has 0 atom stereocenters. The van der Waals surface area contributed by atoms with Crippen LogP contribution in [0.3, 0.4) is 0 Å². The number of nitrogens with one attached hydrogen (secondary N) is 1. The maximum atomic E-state index is 13.8. The minimum absolute atomic E-state index is 0.134. The summed E-state index contributed by atoms with van der Waals surface area (Å²) in [5.41, 5.74) is 12.3. The minimum atomic E-state index is -0.569. The smallest absolute Gasteiger partial charge is 0.259 e. The van der Waals surface area contributed by atoms with Crippen LogP contribution in [-0.2, 0) is 6.54 Å².